The molecule has 0 aromatic heterocycles. The van der Waals surface area contributed by atoms with E-state index in [2.05, 4.69) is 4.72 Å². The van der Waals surface area contributed by atoms with Crippen LogP contribution in [0.3, 0.4) is 0 Å². The van der Waals surface area contributed by atoms with Crippen molar-refractivity contribution in [2.45, 2.75) is 38.2 Å². The van der Waals surface area contributed by atoms with E-state index in [-0.39, 0.29) is 22.9 Å². The number of carbonyl (C=O) groups is 1. The molecular formula is C14H21NO5S. The summed E-state index contributed by atoms with van der Waals surface area (Å²) in [6.07, 6.45) is -0.337. The van der Waals surface area contributed by atoms with Gasteiger partial charge in [-0.15, -0.1) is 0 Å². The average Bonchev–Trinajstić information content (AvgIpc) is 2.43. The lowest BCUT2D eigenvalue weighted by Gasteiger charge is -2.16. The van der Waals surface area contributed by atoms with Gasteiger partial charge in [-0.05, 0) is 30.0 Å². The lowest BCUT2D eigenvalue weighted by Crippen LogP contribution is -2.35. The normalized spacial score (nSPS) is 13.4. The van der Waals surface area contributed by atoms with Gasteiger partial charge in [-0.2, -0.15) is 0 Å². The summed E-state index contributed by atoms with van der Waals surface area (Å²) >= 11 is 0. The van der Waals surface area contributed by atoms with Crippen LogP contribution in [0.4, 0.5) is 0 Å². The molecule has 118 valence electrons. The minimum atomic E-state index is -3.86. The molecule has 0 saturated carbocycles. The van der Waals surface area contributed by atoms with Crippen LogP contribution in [0.1, 0.15) is 36.7 Å². The highest BCUT2D eigenvalue weighted by molar-refractivity contribution is 7.89. The van der Waals surface area contributed by atoms with Gasteiger partial charge in [0, 0.05) is 6.54 Å². The van der Waals surface area contributed by atoms with E-state index >= 15 is 0 Å². The first kappa shape index (κ1) is 17.6. The van der Waals surface area contributed by atoms with Crippen molar-refractivity contribution in [3.63, 3.8) is 0 Å². The number of hydrogen-bond acceptors (Lipinski definition) is 4. The lowest BCUT2D eigenvalue weighted by atomic mass is 10.1. The zero-order valence-corrected chi connectivity index (χ0v) is 13.1. The van der Waals surface area contributed by atoms with E-state index in [9.17, 15) is 18.3 Å². The van der Waals surface area contributed by atoms with E-state index < -0.39 is 22.1 Å². The number of carboxylic acid groups (broad SMARTS) is 1. The van der Waals surface area contributed by atoms with Crippen molar-refractivity contribution in [1.82, 2.24) is 4.72 Å². The summed E-state index contributed by atoms with van der Waals surface area (Å²) in [5.41, 5.74) is 0.448. The monoisotopic (exact) mass is 315 g/mol. The second kappa shape index (κ2) is 7.02. The van der Waals surface area contributed by atoms with E-state index in [1.807, 2.05) is 0 Å². The maximum absolute atomic E-state index is 12.3. The summed E-state index contributed by atoms with van der Waals surface area (Å²) in [5.74, 6) is -1.26. The summed E-state index contributed by atoms with van der Waals surface area (Å²) in [4.78, 5) is 10.9. The molecule has 1 aromatic carbocycles. The second-order valence-electron chi connectivity index (χ2n) is 5.14. The number of aliphatic hydroxyl groups is 1. The maximum Gasteiger partial charge on any atom is 0.335 e. The van der Waals surface area contributed by atoms with Gasteiger partial charge in [-0.3, -0.25) is 0 Å². The number of rotatable bonds is 7. The van der Waals surface area contributed by atoms with Crippen molar-refractivity contribution < 1.29 is 23.4 Å². The van der Waals surface area contributed by atoms with Gasteiger partial charge in [0.2, 0.25) is 10.0 Å². The number of nitrogens with one attached hydrogen (secondary N) is 1. The molecule has 1 rings (SSSR count). The zero-order valence-electron chi connectivity index (χ0n) is 12.3. The van der Waals surface area contributed by atoms with E-state index in [1.54, 1.807) is 20.8 Å². The number of sulfonamides is 1. The fourth-order valence-electron chi connectivity index (χ4n) is 1.74. The molecule has 0 aliphatic rings. The van der Waals surface area contributed by atoms with Crippen LogP contribution in [0, 0.1) is 5.92 Å². The summed E-state index contributed by atoms with van der Waals surface area (Å²) in [5, 5.41) is 18.7. The average molecular weight is 315 g/mol. The fourth-order valence-corrected chi connectivity index (χ4v) is 3.12. The van der Waals surface area contributed by atoms with E-state index in [0.29, 0.717) is 12.0 Å². The van der Waals surface area contributed by atoms with Gasteiger partial charge in [-0.25, -0.2) is 17.9 Å². The summed E-state index contributed by atoms with van der Waals surface area (Å²) in [6.45, 7) is 5.24. The van der Waals surface area contributed by atoms with Gasteiger partial charge in [-0.1, -0.05) is 26.8 Å². The molecule has 21 heavy (non-hydrogen) atoms. The summed E-state index contributed by atoms with van der Waals surface area (Å²) in [7, 11) is -3.86. The Hall–Kier alpha value is -1.44. The quantitative estimate of drug-likeness (QED) is 0.702. The predicted octanol–water partition coefficient (Wildman–Crippen LogP) is 1.24. The van der Waals surface area contributed by atoms with Crippen LogP contribution >= 0.6 is 0 Å². The Kier molecular flexibility index (Phi) is 5.88. The Morgan fingerprint density at radius 1 is 1.33 bits per heavy atom. The molecule has 0 amide bonds. The van der Waals surface area contributed by atoms with Crippen molar-refractivity contribution in [1.29, 1.82) is 0 Å². The van der Waals surface area contributed by atoms with Crippen LogP contribution in [0.15, 0.2) is 23.1 Å². The molecule has 0 bridgehead atoms. The smallest absolute Gasteiger partial charge is 0.335 e. The molecule has 3 N–H and O–H groups in total. The minimum Gasteiger partial charge on any atom is -0.478 e. The fraction of sp³-hybridized carbons (Fsp3) is 0.500. The van der Waals surface area contributed by atoms with Crippen molar-refractivity contribution in [2.24, 2.45) is 5.92 Å². The molecule has 0 aliphatic heterocycles. The second-order valence-corrected chi connectivity index (χ2v) is 6.88. The molecule has 1 aromatic rings. The van der Waals surface area contributed by atoms with Crippen LogP contribution in [-0.2, 0) is 16.4 Å². The van der Waals surface area contributed by atoms with Crippen molar-refractivity contribution >= 4 is 16.0 Å². The first-order valence-corrected chi connectivity index (χ1v) is 8.21. The molecule has 0 heterocycles. The Balaban J connectivity index is 3.11. The molecule has 0 radical (unpaired) electrons. The van der Waals surface area contributed by atoms with Gasteiger partial charge in [0.05, 0.1) is 16.6 Å². The number of aromatic carboxylic acids is 1. The topological polar surface area (TPSA) is 104 Å². The molecule has 7 heteroatoms. The molecule has 6 nitrogen and oxygen atoms in total. The Bertz CT molecular complexity index is 610. The van der Waals surface area contributed by atoms with Gasteiger partial charge in [0.25, 0.3) is 0 Å². The van der Waals surface area contributed by atoms with Crippen molar-refractivity contribution in [2.75, 3.05) is 6.54 Å². The van der Waals surface area contributed by atoms with Crippen LogP contribution < -0.4 is 4.72 Å². The molecule has 0 saturated heterocycles. The van der Waals surface area contributed by atoms with Crippen LogP contribution in [0.2, 0.25) is 0 Å². The first-order chi connectivity index (χ1) is 9.69. The zero-order chi connectivity index (χ0) is 16.2. The molecule has 0 aliphatic carbocycles. The third kappa shape index (κ3) is 4.52. The molecule has 0 fully saturated rings. The van der Waals surface area contributed by atoms with Crippen LogP contribution in [0.5, 0.6) is 0 Å². The largest absolute Gasteiger partial charge is 0.478 e. The number of aliphatic hydroxyl groups excluding tert-OH is 1. The van der Waals surface area contributed by atoms with Gasteiger partial charge >= 0.3 is 5.97 Å². The third-order valence-electron chi connectivity index (χ3n) is 3.24. The van der Waals surface area contributed by atoms with Crippen molar-refractivity contribution in [3.8, 4) is 0 Å². The minimum absolute atomic E-state index is 0.0548. The standard InChI is InChI=1S/C14H21NO5S/c1-4-10-5-6-11(14(17)18)7-13(10)21(19,20)15-8-12(16)9(2)3/h5-7,9,12,15-16H,4,8H2,1-3H3,(H,17,18). The third-order valence-corrected chi connectivity index (χ3v) is 4.74. The van der Waals surface area contributed by atoms with E-state index in [4.69, 9.17) is 5.11 Å². The number of hydrogen-bond donors (Lipinski definition) is 3. The number of aryl methyl sites for hydroxylation is 1. The first-order valence-electron chi connectivity index (χ1n) is 6.73. The number of benzene rings is 1. The van der Waals surface area contributed by atoms with Crippen LogP contribution in [0.25, 0.3) is 0 Å². The van der Waals surface area contributed by atoms with E-state index in [1.165, 1.54) is 12.1 Å². The highest BCUT2D eigenvalue weighted by Gasteiger charge is 2.21. The Morgan fingerprint density at radius 2 is 1.95 bits per heavy atom. The number of carboxylic acids is 1. The molecular weight excluding hydrogens is 294 g/mol. The van der Waals surface area contributed by atoms with Gasteiger partial charge < -0.3 is 10.2 Å². The molecule has 1 unspecified atom stereocenters. The van der Waals surface area contributed by atoms with Crippen LogP contribution in [-0.4, -0.2) is 37.2 Å². The van der Waals surface area contributed by atoms with Gasteiger partial charge in [0.15, 0.2) is 0 Å². The predicted molar refractivity (Wildman–Crippen MR) is 78.8 cm³/mol. The molecule has 0 spiro atoms. The highest BCUT2D eigenvalue weighted by atomic mass is 32.2. The SMILES string of the molecule is CCc1ccc(C(=O)O)cc1S(=O)(=O)NCC(O)C(C)C. The molecule has 1 atom stereocenters. The lowest BCUT2D eigenvalue weighted by molar-refractivity contribution is 0.0696. The van der Waals surface area contributed by atoms with Crippen molar-refractivity contribution in [3.05, 3.63) is 29.3 Å². The van der Waals surface area contributed by atoms with Gasteiger partial charge in [0.1, 0.15) is 0 Å². The summed E-state index contributed by atoms with van der Waals surface area (Å²) < 4.78 is 26.9. The Labute approximate surface area is 124 Å². The maximum atomic E-state index is 12.3. The highest BCUT2D eigenvalue weighted by Crippen LogP contribution is 2.19. The Morgan fingerprint density at radius 3 is 2.43 bits per heavy atom. The summed E-state index contributed by atoms with van der Waals surface area (Å²) in [6, 6.07) is 4.02. The van der Waals surface area contributed by atoms with E-state index in [0.717, 1.165) is 6.07 Å².